The molecular weight excluding hydrogens is 158 g/mol. The van der Waals surface area contributed by atoms with Crippen LogP contribution in [0.2, 0.25) is 0 Å². The lowest BCUT2D eigenvalue weighted by molar-refractivity contribution is -0.395. The Morgan fingerprint density at radius 3 is 2.67 bits per heavy atom. The molecule has 0 heterocycles. The van der Waals surface area contributed by atoms with Gasteiger partial charge in [0.05, 0.1) is 16.6 Å². The second-order valence-corrected chi connectivity index (χ2v) is 2.21. The average Bonchev–Trinajstić information content (AvgIpc) is 2.03. The Bertz CT molecular complexity index is 367. The van der Waals surface area contributed by atoms with E-state index in [1.54, 1.807) is 0 Å². The first-order chi connectivity index (χ1) is 5.65. The zero-order valence-electron chi connectivity index (χ0n) is 6.15. The van der Waals surface area contributed by atoms with Crippen LogP contribution < -0.4 is 5.73 Å². The van der Waals surface area contributed by atoms with Crippen LogP contribution >= 0.6 is 0 Å². The summed E-state index contributed by atoms with van der Waals surface area (Å²) in [7, 11) is 0. The molecule has 1 aromatic carbocycles. The van der Waals surface area contributed by atoms with Crippen LogP contribution in [0.25, 0.3) is 0 Å². The van der Waals surface area contributed by atoms with Crippen LogP contribution in [0.4, 0.5) is 11.4 Å². The largest absolute Gasteiger partial charge is 0.329 e. The Morgan fingerprint density at radius 1 is 1.58 bits per heavy atom. The van der Waals surface area contributed by atoms with Crippen molar-refractivity contribution in [1.29, 1.82) is 5.26 Å². The summed E-state index contributed by atoms with van der Waals surface area (Å²) in [5.74, 6) is 0. The van der Waals surface area contributed by atoms with Crippen molar-refractivity contribution in [2.24, 2.45) is 0 Å². The van der Waals surface area contributed by atoms with Crippen molar-refractivity contribution in [3.8, 4) is 6.07 Å². The molecule has 5 heteroatoms. The van der Waals surface area contributed by atoms with Gasteiger partial charge < -0.3 is 5.73 Å². The first-order valence-corrected chi connectivity index (χ1v) is 3.15. The summed E-state index contributed by atoms with van der Waals surface area (Å²) in [4.78, 5) is 9.78. The Hall–Kier alpha value is -1.93. The van der Waals surface area contributed by atoms with Crippen molar-refractivity contribution in [1.82, 2.24) is 0 Å². The minimum Gasteiger partial charge on any atom is -0.319 e. The highest BCUT2D eigenvalue weighted by atomic mass is 16.6. The van der Waals surface area contributed by atoms with E-state index in [1.165, 1.54) is 18.2 Å². The normalized spacial score (nSPS) is 9.00. The van der Waals surface area contributed by atoms with E-state index in [-0.39, 0.29) is 11.4 Å². The predicted molar refractivity (Wildman–Crippen MR) is 40.4 cm³/mol. The van der Waals surface area contributed by atoms with Crippen LogP contribution in [0, 0.1) is 21.4 Å². The maximum absolute atomic E-state index is 10.3. The van der Waals surface area contributed by atoms with Gasteiger partial charge in [-0.15, -0.1) is 0 Å². The second kappa shape index (κ2) is 2.98. The SMILES string of the molecule is N#Cc1ccc([N+](=O)[O-])c([NH3+])c1. The van der Waals surface area contributed by atoms with Crippen LogP contribution in [0.3, 0.4) is 0 Å². The molecule has 0 atom stereocenters. The first-order valence-electron chi connectivity index (χ1n) is 3.15. The fourth-order valence-electron chi connectivity index (χ4n) is 0.833. The molecule has 0 spiro atoms. The third kappa shape index (κ3) is 1.38. The lowest BCUT2D eigenvalue weighted by atomic mass is 10.2. The van der Waals surface area contributed by atoms with Gasteiger partial charge in [-0.3, -0.25) is 10.1 Å². The van der Waals surface area contributed by atoms with Gasteiger partial charge in [0.1, 0.15) is 0 Å². The quantitative estimate of drug-likeness (QED) is 0.478. The molecule has 5 nitrogen and oxygen atoms in total. The van der Waals surface area contributed by atoms with Gasteiger partial charge in [-0.25, -0.2) is 0 Å². The monoisotopic (exact) mass is 164 g/mol. The van der Waals surface area contributed by atoms with Crippen LogP contribution in [0.1, 0.15) is 5.56 Å². The van der Waals surface area contributed by atoms with Crippen molar-refractivity contribution in [3.05, 3.63) is 33.9 Å². The van der Waals surface area contributed by atoms with Gasteiger partial charge in [-0.2, -0.15) is 5.26 Å². The van der Waals surface area contributed by atoms with Crippen molar-refractivity contribution in [2.45, 2.75) is 0 Å². The van der Waals surface area contributed by atoms with Gasteiger partial charge in [-0.05, 0) is 6.07 Å². The molecule has 1 rings (SSSR count). The maximum Gasteiger partial charge on any atom is 0.329 e. The van der Waals surface area contributed by atoms with Crippen molar-refractivity contribution in [2.75, 3.05) is 0 Å². The zero-order valence-corrected chi connectivity index (χ0v) is 6.15. The van der Waals surface area contributed by atoms with Crippen LogP contribution in [-0.4, -0.2) is 4.92 Å². The van der Waals surface area contributed by atoms with E-state index in [0.29, 0.717) is 5.56 Å². The summed E-state index contributed by atoms with van der Waals surface area (Å²) >= 11 is 0. The summed E-state index contributed by atoms with van der Waals surface area (Å²) in [6, 6.07) is 5.93. The smallest absolute Gasteiger partial charge is 0.319 e. The van der Waals surface area contributed by atoms with Crippen molar-refractivity contribution < 1.29 is 10.7 Å². The van der Waals surface area contributed by atoms with Gasteiger partial charge in [0.25, 0.3) is 0 Å². The lowest BCUT2D eigenvalue weighted by Gasteiger charge is -1.92. The highest BCUT2D eigenvalue weighted by molar-refractivity contribution is 5.55. The molecular formula is C7H6N3O2+. The Morgan fingerprint density at radius 2 is 2.25 bits per heavy atom. The van der Waals surface area contributed by atoms with E-state index < -0.39 is 4.92 Å². The molecule has 0 aromatic heterocycles. The van der Waals surface area contributed by atoms with E-state index in [2.05, 4.69) is 5.73 Å². The number of nitriles is 1. The standard InChI is InChI=1S/C7H5N3O2/c8-4-5-1-2-7(10(11)12)6(9)3-5/h1-3H,9H2/p+1. The van der Waals surface area contributed by atoms with E-state index in [0.717, 1.165) is 0 Å². The first kappa shape index (κ1) is 8.17. The molecule has 0 aliphatic heterocycles. The van der Waals surface area contributed by atoms with Gasteiger partial charge in [0, 0.05) is 12.1 Å². The number of nitro groups is 1. The lowest BCUT2D eigenvalue weighted by Crippen LogP contribution is -2.40. The molecule has 0 unspecified atom stereocenters. The number of hydrogen-bond donors (Lipinski definition) is 1. The highest BCUT2D eigenvalue weighted by Gasteiger charge is 2.13. The highest BCUT2D eigenvalue weighted by Crippen LogP contribution is 2.19. The van der Waals surface area contributed by atoms with Gasteiger partial charge >= 0.3 is 5.69 Å². The van der Waals surface area contributed by atoms with Crippen molar-refractivity contribution in [3.63, 3.8) is 0 Å². The summed E-state index contributed by atoms with van der Waals surface area (Å²) in [6.45, 7) is 0. The minimum atomic E-state index is -0.524. The third-order valence-electron chi connectivity index (χ3n) is 1.41. The number of rotatable bonds is 1. The van der Waals surface area contributed by atoms with Crippen LogP contribution in [0.15, 0.2) is 18.2 Å². The van der Waals surface area contributed by atoms with Gasteiger partial charge in [0.2, 0.25) is 5.69 Å². The number of nitrogens with zero attached hydrogens (tertiary/aromatic N) is 2. The fraction of sp³-hybridized carbons (Fsp3) is 0. The van der Waals surface area contributed by atoms with E-state index in [9.17, 15) is 10.1 Å². The number of hydrogen-bond acceptors (Lipinski definition) is 3. The van der Waals surface area contributed by atoms with Gasteiger partial charge in [0.15, 0.2) is 0 Å². The number of quaternary nitrogens is 1. The number of nitro benzene ring substituents is 1. The average molecular weight is 164 g/mol. The molecule has 3 N–H and O–H groups in total. The molecule has 0 saturated carbocycles. The topological polar surface area (TPSA) is 94.6 Å². The summed E-state index contributed by atoms with van der Waals surface area (Å²) in [5, 5.41) is 18.7. The summed E-state index contributed by atoms with van der Waals surface area (Å²) in [6.07, 6.45) is 0. The molecule has 0 bridgehead atoms. The molecule has 0 aliphatic carbocycles. The van der Waals surface area contributed by atoms with E-state index >= 15 is 0 Å². The Labute approximate surface area is 68.2 Å². The molecule has 0 aliphatic rings. The second-order valence-electron chi connectivity index (χ2n) is 2.21. The van der Waals surface area contributed by atoms with Crippen LogP contribution in [-0.2, 0) is 0 Å². The molecule has 0 fully saturated rings. The third-order valence-corrected chi connectivity index (χ3v) is 1.41. The molecule has 0 radical (unpaired) electrons. The zero-order chi connectivity index (χ0) is 9.14. The Kier molecular flexibility index (Phi) is 2.03. The molecule has 0 saturated heterocycles. The van der Waals surface area contributed by atoms with E-state index in [4.69, 9.17) is 5.26 Å². The summed E-state index contributed by atoms with van der Waals surface area (Å²) in [5.41, 5.74) is 4.04. The van der Waals surface area contributed by atoms with Crippen molar-refractivity contribution >= 4 is 11.4 Å². The molecule has 0 amide bonds. The predicted octanol–water partition coefficient (Wildman–Crippen LogP) is 0.340. The maximum atomic E-state index is 10.3. The van der Waals surface area contributed by atoms with Gasteiger partial charge in [-0.1, -0.05) is 0 Å². The van der Waals surface area contributed by atoms with E-state index in [1.807, 2.05) is 6.07 Å². The fourth-order valence-corrected chi connectivity index (χ4v) is 0.833. The Balaban J connectivity index is 3.23. The number of benzene rings is 1. The van der Waals surface area contributed by atoms with Crippen LogP contribution in [0.5, 0.6) is 0 Å². The molecule has 60 valence electrons. The molecule has 1 aromatic rings. The molecule has 12 heavy (non-hydrogen) atoms. The summed E-state index contributed by atoms with van der Waals surface area (Å²) < 4.78 is 0. The minimum absolute atomic E-state index is 0.0611.